The van der Waals surface area contributed by atoms with Crippen molar-refractivity contribution in [1.82, 2.24) is 0 Å². The van der Waals surface area contributed by atoms with Gasteiger partial charge in [0.15, 0.2) is 6.10 Å². The number of hydrogen-bond acceptors (Lipinski definition) is 10. The molecule has 0 amide bonds. The monoisotopic (exact) mass is 518 g/mol. The van der Waals surface area contributed by atoms with E-state index in [-0.39, 0.29) is 31.6 Å². The Hall–Kier alpha value is -3.02. The van der Waals surface area contributed by atoms with Gasteiger partial charge in [0.25, 0.3) is 0 Å². The van der Waals surface area contributed by atoms with Gasteiger partial charge in [0, 0.05) is 35.5 Å². The number of aliphatic hydroxyl groups is 1. The van der Waals surface area contributed by atoms with Crippen molar-refractivity contribution in [1.29, 1.82) is 0 Å². The lowest BCUT2D eigenvalue weighted by atomic mass is 9.51. The SMILES string of the molecule is CC1COC(=O)/C=C\C=C/C(=O)OC2CC3OC4C=C(C(=O)O)CCC4(COC(=O)C1O)C2(C)C31CO1. The molecule has 0 aromatic rings. The number of aliphatic hydroxyl groups excluding tert-OH is 1. The van der Waals surface area contributed by atoms with Crippen LogP contribution in [0.1, 0.15) is 33.1 Å². The number of carbonyl (C=O) groups excluding carboxylic acids is 3. The van der Waals surface area contributed by atoms with E-state index < -0.39 is 70.6 Å². The molecule has 2 aliphatic carbocycles. The Kier molecular flexibility index (Phi) is 6.28. The molecule has 5 aliphatic rings. The second kappa shape index (κ2) is 9.07. The zero-order chi connectivity index (χ0) is 26.6. The first-order chi connectivity index (χ1) is 17.5. The molecule has 37 heavy (non-hydrogen) atoms. The highest BCUT2D eigenvalue weighted by Crippen LogP contribution is 2.72. The van der Waals surface area contributed by atoms with Crippen molar-refractivity contribution in [3.8, 4) is 0 Å². The van der Waals surface area contributed by atoms with Gasteiger partial charge in [0.05, 0.1) is 30.8 Å². The predicted octanol–water partition coefficient (Wildman–Crippen LogP) is 0.845. The summed E-state index contributed by atoms with van der Waals surface area (Å²) in [6.07, 6.45) is 3.86. The van der Waals surface area contributed by atoms with Crippen LogP contribution < -0.4 is 0 Å². The van der Waals surface area contributed by atoms with Crippen molar-refractivity contribution < 1.29 is 53.1 Å². The number of aliphatic carboxylic acids is 1. The molecule has 2 saturated heterocycles. The van der Waals surface area contributed by atoms with E-state index in [1.54, 1.807) is 13.0 Å². The van der Waals surface area contributed by atoms with Gasteiger partial charge in [-0.05, 0) is 18.9 Å². The number of esters is 3. The molecule has 2 spiro atoms. The van der Waals surface area contributed by atoms with E-state index in [1.165, 1.54) is 18.2 Å². The lowest BCUT2D eigenvalue weighted by molar-refractivity contribution is -0.235. The topological polar surface area (TPSA) is 158 Å². The lowest BCUT2D eigenvalue weighted by Crippen LogP contribution is -2.67. The second-order valence-electron chi connectivity index (χ2n) is 10.6. The number of epoxide rings is 1. The molecule has 2 N–H and O–H groups in total. The molecule has 200 valence electrons. The van der Waals surface area contributed by atoms with E-state index in [9.17, 15) is 29.4 Å². The third-order valence-electron chi connectivity index (χ3n) is 8.86. The minimum Gasteiger partial charge on any atom is -0.478 e. The fourth-order valence-electron chi connectivity index (χ4n) is 6.49. The maximum atomic E-state index is 12.9. The quantitative estimate of drug-likeness (QED) is 0.288. The molecule has 1 saturated carbocycles. The van der Waals surface area contributed by atoms with Crippen LogP contribution in [-0.4, -0.2) is 83.9 Å². The summed E-state index contributed by atoms with van der Waals surface area (Å²) in [6.45, 7) is 3.37. The summed E-state index contributed by atoms with van der Waals surface area (Å²) in [5, 5.41) is 20.2. The van der Waals surface area contributed by atoms with Crippen LogP contribution in [0.2, 0.25) is 0 Å². The van der Waals surface area contributed by atoms with Gasteiger partial charge in [0.2, 0.25) is 0 Å². The number of rotatable bonds is 1. The molecular formula is C26H30O11. The number of allylic oxidation sites excluding steroid dienone is 2. The summed E-state index contributed by atoms with van der Waals surface area (Å²) < 4.78 is 29.0. The van der Waals surface area contributed by atoms with E-state index in [4.69, 9.17) is 23.7 Å². The van der Waals surface area contributed by atoms with Crippen LogP contribution >= 0.6 is 0 Å². The average Bonchev–Trinajstić information content (AvgIpc) is 3.65. The molecule has 3 fully saturated rings. The predicted molar refractivity (Wildman–Crippen MR) is 123 cm³/mol. The standard InChI is InChI=1S/C26H30O11/c1-14-11-33-19(27)5-3-4-6-20(28)37-16-10-18-26(13-35-26)24(16,2)25(12-34-23(32)21(14)29)8-7-15(22(30)31)9-17(25)36-18/h3-6,9,14,16-18,21,29H,7-8,10-13H2,1-2H3,(H,30,31)/b5-3-,6-4-. The third-order valence-corrected chi connectivity index (χ3v) is 8.86. The smallest absolute Gasteiger partial charge is 0.335 e. The fraction of sp³-hybridized carbons (Fsp3) is 0.615. The molecule has 8 unspecified atom stereocenters. The van der Waals surface area contributed by atoms with Gasteiger partial charge in [-0.3, -0.25) is 0 Å². The highest BCUT2D eigenvalue weighted by Gasteiger charge is 2.83. The van der Waals surface area contributed by atoms with Crippen LogP contribution in [-0.2, 0) is 42.9 Å². The van der Waals surface area contributed by atoms with Gasteiger partial charge in [-0.25, -0.2) is 19.2 Å². The number of cyclic esters (lactones) is 2. The van der Waals surface area contributed by atoms with Crippen molar-refractivity contribution in [2.24, 2.45) is 16.7 Å². The summed E-state index contributed by atoms with van der Waals surface area (Å²) in [6, 6.07) is 0. The number of ether oxygens (including phenoxy) is 5. The molecule has 2 bridgehead atoms. The molecule has 0 aromatic heterocycles. The molecule has 3 heterocycles. The van der Waals surface area contributed by atoms with Crippen LogP contribution in [0.4, 0.5) is 0 Å². The summed E-state index contributed by atoms with van der Waals surface area (Å²) >= 11 is 0. The van der Waals surface area contributed by atoms with Crippen molar-refractivity contribution >= 4 is 23.9 Å². The van der Waals surface area contributed by atoms with E-state index in [0.717, 1.165) is 6.08 Å². The Balaban J connectivity index is 1.56. The van der Waals surface area contributed by atoms with E-state index in [2.05, 4.69) is 0 Å². The first kappa shape index (κ1) is 25.6. The van der Waals surface area contributed by atoms with Crippen LogP contribution in [0.25, 0.3) is 0 Å². The van der Waals surface area contributed by atoms with Gasteiger partial charge in [0.1, 0.15) is 18.3 Å². The number of hydrogen-bond donors (Lipinski definition) is 2. The van der Waals surface area contributed by atoms with Crippen LogP contribution in [0.15, 0.2) is 36.0 Å². The molecule has 5 rings (SSSR count). The molecule has 11 nitrogen and oxygen atoms in total. The summed E-state index contributed by atoms with van der Waals surface area (Å²) in [5.41, 5.74) is -2.48. The normalized spacial score (nSPS) is 45.4. The Morgan fingerprint density at radius 1 is 1.05 bits per heavy atom. The lowest BCUT2D eigenvalue weighted by Gasteiger charge is -2.58. The Morgan fingerprint density at radius 2 is 1.76 bits per heavy atom. The van der Waals surface area contributed by atoms with Gasteiger partial charge in [-0.15, -0.1) is 0 Å². The summed E-state index contributed by atoms with van der Waals surface area (Å²) in [5.74, 6) is -4.05. The van der Waals surface area contributed by atoms with Crippen molar-refractivity contribution in [2.45, 2.75) is 63.1 Å². The minimum atomic E-state index is -1.57. The maximum Gasteiger partial charge on any atom is 0.335 e. The molecular weight excluding hydrogens is 488 g/mol. The van der Waals surface area contributed by atoms with Gasteiger partial charge in [-0.2, -0.15) is 0 Å². The van der Waals surface area contributed by atoms with E-state index >= 15 is 0 Å². The van der Waals surface area contributed by atoms with Gasteiger partial charge >= 0.3 is 23.9 Å². The number of carboxylic acids is 1. The first-order valence-electron chi connectivity index (χ1n) is 12.3. The zero-order valence-electron chi connectivity index (χ0n) is 20.6. The molecule has 0 radical (unpaired) electrons. The van der Waals surface area contributed by atoms with Crippen LogP contribution in [0, 0.1) is 16.7 Å². The van der Waals surface area contributed by atoms with Crippen LogP contribution in [0.3, 0.4) is 0 Å². The molecule has 11 heteroatoms. The summed E-state index contributed by atoms with van der Waals surface area (Å²) in [7, 11) is 0. The van der Waals surface area contributed by atoms with Crippen LogP contribution in [0.5, 0.6) is 0 Å². The highest BCUT2D eigenvalue weighted by atomic mass is 16.6. The zero-order valence-corrected chi connectivity index (χ0v) is 20.6. The maximum absolute atomic E-state index is 12.9. The molecule has 3 aliphatic heterocycles. The van der Waals surface area contributed by atoms with E-state index in [1.807, 2.05) is 6.92 Å². The third kappa shape index (κ3) is 3.91. The van der Waals surface area contributed by atoms with Crippen molar-refractivity contribution in [2.75, 3.05) is 19.8 Å². The Morgan fingerprint density at radius 3 is 2.43 bits per heavy atom. The fourth-order valence-corrected chi connectivity index (χ4v) is 6.49. The largest absolute Gasteiger partial charge is 0.478 e. The van der Waals surface area contributed by atoms with Gasteiger partial charge < -0.3 is 33.9 Å². The summed E-state index contributed by atoms with van der Waals surface area (Å²) in [4.78, 5) is 49.3. The molecule has 8 atom stereocenters. The average molecular weight is 519 g/mol. The van der Waals surface area contributed by atoms with Crippen molar-refractivity contribution in [3.05, 3.63) is 36.0 Å². The van der Waals surface area contributed by atoms with Crippen molar-refractivity contribution in [3.63, 3.8) is 0 Å². The Labute approximate surface area is 213 Å². The minimum absolute atomic E-state index is 0.184. The molecule has 0 aromatic carbocycles. The first-order valence-corrected chi connectivity index (χ1v) is 12.3. The van der Waals surface area contributed by atoms with E-state index in [0.29, 0.717) is 13.0 Å². The number of carboxylic acid groups (broad SMARTS) is 1. The Bertz CT molecular complexity index is 1100. The second-order valence-corrected chi connectivity index (χ2v) is 10.6. The number of carbonyl (C=O) groups is 4. The highest BCUT2D eigenvalue weighted by molar-refractivity contribution is 5.87. The van der Waals surface area contributed by atoms with Gasteiger partial charge in [-0.1, -0.05) is 26.0 Å².